The molecule has 7 nitrogen and oxygen atoms in total. The number of carbonyl (C=O) groups is 2. The molecule has 1 spiro atoms. The topological polar surface area (TPSA) is 79.3 Å². The molecule has 0 bridgehead atoms. The highest BCUT2D eigenvalue weighted by Gasteiger charge is 2.55. The number of aryl methyl sites for hydroxylation is 1. The quantitative estimate of drug-likeness (QED) is 0.762. The third-order valence-corrected chi connectivity index (χ3v) is 7.00. The summed E-state index contributed by atoms with van der Waals surface area (Å²) in [4.78, 5) is 28.0. The fourth-order valence-electron chi connectivity index (χ4n) is 5.32. The van der Waals surface area contributed by atoms with Gasteiger partial charge in [0.25, 0.3) is 11.8 Å². The number of fused-ring (bicyclic) bond motifs is 3. The van der Waals surface area contributed by atoms with Crippen LogP contribution in [0.1, 0.15) is 60.2 Å². The van der Waals surface area contributed by atoms with Crippen molar-refractivity contribution in [2.45, 2.75) is 44.7 Å². The maximum absolute atomic E-state index is 13.3. The molecule has 1 aromatic carbocycles. The van der Waals surface area contributed by atoms with Gasteiger partial charge in [-0.1, -0.05) is 32.9 Å². The van der Waals surface area contributed by atoms with Crippen LogP contribution in [0.15, 0.2) is 30.3 Å². The number of aromatic nitrogens is 2. The molecule has 2 fully saturated rings. The van der Waals surface area contributed by atoms with Crippen LogP contribution in [-0.2, 0) is 12.5 Å². The number of anilines is 1. The first-order chi connectivity index (χ1) is 14.2. The van der Waals surface area contributed by atoms with E-state index in [4.69, 9.17) is 0 Å². The predicted octanol–water partition coefficient (Wildman–Crippen LogP) is 2.75. The van der Waals surface area contributed by atoms with Crippen molar-refractivity contribution < 1.29 is 9.59 Å². The summed E-state index contributed by atoms with van der Waals surface area (Å²) in [5.41, 5.74) is 2.52. The van der Waals surface area contributed by atoms with Gasteiger partial charge in [0.1, 0.15) is 11.4 Å². The van der Waals surface area contributed by atoms with Crippen LogP contribution in [-0.4, -0.2) is 45.2 Å². The van der Waals surface area contributed by atoms with Crippen molar-refractivity contribution in [3.8, 4) is 0 Å². The first-order valence-electron chi connectivity index (χ1n) is 10.7. The smallest absolute Gasteiger partial charge is 0.272 e. The summed E-state index contributed by atoms with van der Waals surface area (Å²) in [6, 6.07) is 9.56. The Morgan fingerprint density at radius 2 is 1.97 bits per heavy atom. The van der Waals surface area contributed by atoms with Gasteiger partial charge in [0, 0.05) is 37.2 Å². The molecule has 0 unspecified atom stereocenters. The van der Waals surface area contributed by atoms with Crippen molar-refractivity contribution >= 4 is 17.5 Å². The van der Waals surface area contributed by atoms with Gasteiger partial charge >= 0.3 is 0 Å². The van der Waals surface area contributed by atoms with Gasteiger partial charge in [-0.3, -0.25) is 14.3 Å². The largest absolute Gasteiger partial charge is 0.362 e. The Labute approximate surface area is 176 Å². The minimum Gasteiger partial charge on any atom is -0.362 e. The van der Waals surface area contributed by atoms with E-state index >= 15 is 0 Å². The lowest BCUT2D eigenvalue weighted by Gasteiger charge is -2.42. The molecule has 2 aliphatic heterocycles. The fraction of sp³-hybridized carbons (Fsp3) is 0.522. The standard InChI is InChI=1S/C23H29N5O2/c1-22(2,3)19-11-18(27(4)26-19)21(30)28-12-14-9-10-23(16(14)13-28)24-17-8-6-5-7-15(17)20(29)25-23/h5-8,11,14,16,24H,9-10,12-13H2,1-4H3,(H,25,29)/t14-,16+,23+/m1/s1. The second-order valence-electron chi connectivity index (χ2n) is 10.00. The van der Waals surface area contributed by atoms with Crippen molar-refractivity contribution in [3.63, 3.8) is 0 Å². The summed E-state index contributed by atoms with van der Waals surface area (Å²) in [5, 5.41) is 11.4. The highest BCUT2D eigenvalue weighted by Crippen LogP contribution is 2.47. The summed E-state index contributed by atoms with van der Waals surface area (Å²) < 4.78 is 1.70. The summed E-state index contributed by atoms with van der Waals surface area (Å²) >= 11 is 0. The number of nitrogens with zero attached hydrogens (tertiary/aromatic N) is 3. The van der Waals surface area contributed by atoms with Crippen molar-refractivity contribution in [1.82, 2.24) is 20.0 Å². The molecule has 2 N–H and O–H groups in total. The van der Waals surface area contributed by atoms with Gasteiger partial charge in [-0.15, -0.1) is 0 Å². The Morgan fingerprint density at radius 1 is 1.20 bits per heavy atom. The summed E-state index contributed by atoms with van der Waals surface area (Å²) in [6.45, 7) is 7.66. The normalized spacial score (nSPS) is 27.6. The zero-order valence-electron chi connectivity index (χ0n) is 18.0. The van der Waals surface area contributed by atoms with Crippen LogP contribution in [0.5, 0.6) is 0 Å². The number of nitrogens with one attached hydrogen (secondary N) is 2. The van der Waals surface area contributed by atoms with Gasteiger partial charge < -0.3 is 15.5 Å². The molecule has 2 aromatic rings. The average Bonchev–Trinajstić information content (AvgIpc) is 3.37. The van der Waals surface area contributed by atoms with Gasteiger partial charge in [-0.05, 0) is 37.0 Å². The molecule has 1 aromatic heterocycles. The number of likely N-dealkylation sites (tertiary alicyclic amines) is 1. The number of rotatable bonds is 1. The van der Waals surface area contributed by atoms with E-state index in [-0.39, 0.29) is 23.1 Å². The Hall–Kier alpha value is -2.83. The van der Waals surface area contributed by atoms with Gasteiger partial charge in [-0.25, -0.2) is 0 Å². The van der Waals surface area contributed by atoms with E-state index in [1.165, 1.54) is 0 Å². The Balaban J connectivity index is 1.39. The number of hydrogen-bond acceptors (Lipinski definition) is 4. The molecule has 0 radical (unpaired) electrons. The van der Waals surface area contributed by atoms with Gasteiger partial charge in [-0.2, -0.15) is 5.10 Å². The molecular weight excluding hydrogens is 378 g/mol. The van der Waals surface area contributed by atoms with Crippen molar-refractivity contribution in [2.24, 2.45) is 18.9 Å². The number of carbonyl (C=O) groups excluding carboxylic acids is 2. The van der Waals surface area contributed by atoms with E-state index in [0.29, 0.717) is 23.7 Å². The van der Waals surface area contributed by atoms with Crippen LogP contribution in [0.2, 0.25) is 0 Å². The van der Waals surface area contributed by atoms with Crippen LogP contribution < -0.4 is 10.6 Å². The van der Waals surface area contributed by atoms with Crippen LogP contribution in [0.4, 0.5) is 5.69 Å². The van der Waals surface area contributed by atoms with Gasteiger partial charge in [0.2, 0.25) is 0 Å². The van der Waals surface area contributed by atoms with Crippen molar-refractivity contribution in [2.75, 3.05) is 18.4 Å². The zero-order valence-corrected chi connectivity index (χ0v) is 18.0. The highest BCUT2D eigenvalue weighted by molar-refractivity contribution is 6.02. The maximum Gasteiger partial charge on any atom is 0.272 e. The molecule has 2 amide bonds. The molecule has 1 saturated heterocycles. The van der Waals surface area contributed by atoms with Crippen LogP contribution >= 0.6 is 0 Å². The van der Waals surface area contributed by atoms with E-state index in [0.717, 1.165) is 30.8 Å². The van der Waals surface area contributed by atoms with Crippen LogP contribution in [0.3, 0.4) is 0 Å². The number of hydrogen-bond donors (Lipinski definition) is 2. The minimum atomic E-state index is -0.478. The molecule has 7 heteroatoms. The lowest BCUT2D eigenvalue weighted by Crippen LogP contribution is -2.61. The number of para-hydroxylation sites is 1. The SMILES string of the molecule is Cn1nc(C(C)(C)C)cc1C(=O)N1C[C@H]2CC[C@]3(NC(=O)c4ccccc4N3)[C@H]2C1. The first-order valence-corrected chi connectivity index (χ1v) is 10.7. The first kappa shape index (κ1) is 19.2. The van der Waals surface area contributed by atoms with E-state index in [2.05, 4.69) is 36.5 Å². The van der Waals surface area contributed by atoms with Crippen molar-refractivity contribution in [3.05, 3.63) is 47.3 Å². The summed E-state index contributed by atoms with van der Waals surface area (Å²) in [7, 11) is 1.83. The Kier molecular flexibility index (Phi) is 4.04. The molecular formula is C23H29N5O2. The maximum atomic E-state index is 13.3. The van der Waals surface area contributed by atoms with Crippen molar-refractivity contribution in [1.29, 1.82) is 0 Å². The molecule has 3 heterocycles. The van der Waals surface area contributed by atoms with E-state index < -0.39 is 5.66 Å². The second kappa shape index (κ2) is 6.33. The minimum absolute atomic E-state index is 0.0209. The van der Waals surface area contributed by atoms with Crippen LogP contribution in [0, 0.1) is 11.8 Å². The third kappa shape index (κ3) is 2.82. The van der Waals surface area contributed by atoms with Gasteiger partial charge in [0.15, 0.2) is 0 Å². The number of benzene rings is 1. The molecule has 158 valence electrons. The fourth-order valence-corrected chi connectivity index (χ4v) is 5.32. The molecule has 3 aliphatic rings. The third-order valence-electron chi connectivity index (χ3n) is 7.00. The lowest BCUT2D eigenvalue weighted by molar-refractivity contribution is 0.0757. The van der Waals surface area contributed by atoms with Gasteiger partial charge in [0.05, 0.1) is 11.3 Å². The monoisotopic (exact) mass is 407 g/mol. The number of amides is 2. The molecule has 1 aliphatic carbocycles. The summed E-state index contributed by atoms with van der Waals surface area (Å²) in [5.74, 6) is 0.556. The van der Waals surface area contributed by atoms with Crippen LogP contribution in [0.25, 0.3) is 0 Å². The highest BCUT2D eigenvalue weighted by atomic mass is 16.2. The Bertz CT molecular complexity index is 1040. The Morgan fingerprint density at radius 3 is 2.70 bits per heavy atom. The lowest BCUT2D eigenvalue weighted by atomic mass is 9.89. The molecule has 30 heavy (non-hydrogen) atoms. The second-order valence-corrected chi connectivity index (χ2v) is 10.00. The zero-order chi connectivity index (χ0) is 21.3. The van der Waals surface area contributed by atoms with E-state index in [1.807, 2.05) is 42.3 Å². The van der Waals surface area contributed by atoms with E-state index in [9.17, 15) is 9.59 Å². The molecule has 1 saturated carbocycles. The predicted molar refractivity (Wildman–Crippen MR) is 114 cm³/mol. The molecule has 3 atom stereocenters. The van der Waals surface area contributed by atoms with E-state index in [1.54, 1.807) is 4.68 Å². The molecule has 5 rings (SSSR count). The summed E-state index contributed by atoms with van der Waals surface area (Å²) in [6.07, 6.45) is 1.87. The average molecular weight is 408 g/mol.